The number of nitrogens with zero attached hydrogens (tertiary/aromatic N) is 2. The van der Waals surface area contributed by atoms with Crippen LogP contribution < -0.4 is 4.90 Å². The topological polar surface area (TPSA) is 8.17 Å². The van der Waals surface area contributed by atoms with Crippen LogP contribution in [0.1, 0.15) is 200 Å². The van der Waals surface area contributed by atoms with Crippen LogP contribution in [0.5, 0.6) is 0 Å². The molecule has 14 aromatic rings. The van der Waals surface area contributed by atoms with Crippen LogP contribution >= 0.6 is 35.3 Å². The Hall–Kier alpha value is -8.19. The van der Waals surface area contributed by atoms with E-state index in [2.05, 4.69) is 453 Å². The molecule has 0 saturated heterocycles. The van der Waals surface area contributed by atoms with Crippen molar-refractivity contribution in [2.45, 2.75) is 230 Å². The van der Waals surface area contributed by atoms with Gasteiger partial charge in [0.15, 0.2) is 0 Å². The molecule has 5 aliphatic rings. The van der Waals surface area contributed by atoms with Crippen molar-refractivity contribution in [1.82, 2.24) is 4.57 Å². The molecule has 112 heavy (non-hydrogen) atoms. The molecule has 3 aliphatic carbocycles. The average Bonchev–Trinajstić information content (AvgIpc) is 1.61. The van der Waals surface area contributed by atoms with Gasteiger partial charge in [-0.25, -0.2) is 0 Å². The van der Waals surface area contributed by atoms with E-state index in [1.165, 1.54) is 141 Å². The van der Waals surface area contributed by atoms with Gasteiger partial charge in [-0.3, -0.25) is 0 Å². The van der Waals surface area contributed by atoms with Crippen molar-refractivity contribution in [2.75, 3.05) is 4.90 Å². The molecular formula is C106H124N2S3Se. The molecule has 6 heteroatoms. The van der Waals surface area contributed by atoms with E-state index in [1.54, 1.807) is 11.1 Å². The summed E-state index contributed by atoms with van der Waals surface area (Å²) < 4.78 is 5.48. The van der Waals surface area contributed by atoms with Gasteiger partial charge in [0.05, 0.1) is 11.4 Å². The van der Waals surface area contributed by atoms with Crippen molar-refractivity contribution >= 4 is 102 Å². The maximum atomic E-state index is 2.44. The van der Waals surface area contributed by atoms with Gasteiger partial charge in [0.1, 0.15) is 0 Å². The van der Waals surface area contributed by atoms with Crippen LogP contribution in [0.25, 0.3) is 63.4 Å². The molecule has 2 aromatic heterocycles. The van der Waals surface area contributed by atoms with Gasteiger partial charge in [0, 0.05) is 67.7 Å². The molecule has 0 N–H and O–H groups in total. The predicted octanol–water partition coefficient (Wildman–Crippen LogP) is 33.0. The first-order valence-electron chi connectivity index (χ1n) is 40.3. The summed E-state index contributed by atoms with van der Waals surface area (Å²) in [7, 11) is 0. The Morgan fingerprint density at radius 2 is 0.536 bits per heavy atom. The first-order chi connectivity index (χ1) is 52.9. The first-order valence-corrected chi connectivity index (χ1v) is 44.5. The quantitative estimate of drug-likeness (QED) is 0.140. The first kappa shape index (κ1) is 86.2. The predicted molar refractivity (Wildman–Crippen MR) is 499 cm³/mol. The van der Waals surface area contributed by atoms with E-state index in [1.807, 2.05) is 35.3 Å². The van der Waals surface area contributed by atoms with E-state index >= 15 is 0 Å². The minimum atomic E-state index is 0.0766. The van der Waals surface area contributed by atoms with Gasteiger partial charge < -0.3 is 9.47 Å². The van der Waals surface area contributed by atoms with E-state index in [-0.39, 0.29) is 11.1 Å². The molecule has 582 valence electrons. The van der Waals surface area contributed by atoms with E-state index in [0.717, 1.165) is 6.42 Å². The Labute approximate surface area is 693 Å². The van der Waals surface area contributed by atoms with Gasteiger partial charge in [0.2, 0.25) is 0 Å². The second kappa shape index (κ2) is 37.4. The van der Waals surface area contributed by atoms with Crippen LogP contribution in [0.3, 0.4) is 0 Å². The molecule has 2 nitrogen and oxygen atoms in total. The molecule has 1 fully saturated rings. The van der Waals surface area contributed by atoms with Gasteiger partial charge in [-0.15, -0.1) is 0 Å². The summed E-state index contributed by atoms with van der Waals surface area (Å²) in [6, 6.07) is 104. The van der Waals surface area contributed by atoms with Crippen LogP contribution in [0.2, 0.25) is 0 Å². The summed E-state index contributed by atoms with van der Waals surface area (Å²) >= 11 is 6.12. The van der Waals surface area contributed by atoms with Crippen molar-refractivity contribution in [3.63, 3.8) is 0 Å². The summed E-state index contributed by atoms with van der Waals surface area (Å²) in [5.41, 5.74) is 19.7. The second-order valence-electron chi connectivity index (χ2n) is 38.1. The maximum absolute atomic E-state index is 2.44. The Bertz CT molecular complexity index is 4990. The van der Waals surface area contributed by atoms with Crippen molar-refractivity contribution in [1.29, 1.82) is 0 Å². The van der Waals surface area contributed by atoms with Crippen LogP contribution in [0, 0.1) is 21.7 Å². The number of benzene rings is 12. The number of rotatable bonds is 0. The Morgan fingerprint density at radius 3 is 0.884 bits per heavy atom. The van der Waals surface area contributed by atoms with Crippen LogP contribution in [0.4, 0.5) is 11.4 Å². The molecule has 0 unspecified atom stereocenters. The second-order valence-corrected chi connectivity index (χ2v) is 43.7. The molecule has 0 radical (unpaired) electrons. The van der Waals surface area contributed by atoms with E-state index in [9.17, 15) is 0 Å². The fourth-order valence-electron chi connectivity index (χ4n) is 14.2. The molecule has 0 amide bonds. The molecular weight excluding hydrogens is 1480 g/mol. The molecule has 1 spiro atoms. The monoisotopic (exact) mass is 1600 g/mol. The molecule has 12 aromatic carbocycles. The standard InChI is InChI=1S/C17H16.C16H17NS.C16H17N.C13H10.C12H8S2.C12H8Se.4C5H12/c1-3-9-15-13(7-1)14-8-2-4-10-16(14)17(15)11-5-6-12-17;1-16(2,3)17-12-8-4-6-10-14(12)18-15-11-7-5-9-13(15)17;1-16(2,3)17-14-10-6-4-8-12(14)13-9-5-7-11-15(13)17;1-3-7-12-10(5-1)9-11-6-2-4-8-13(11)12;1-2-6-10-9(5-1)13-11-7-3-4-8-12(11)14-10;1-3-7-11-9(5-1)10-6-2-4-8-12(10)13-11;4*1-5(2,3)4/h1-4,7-10H,5-6,11-12H2;4-11H,1-3H3;4-11H,1-3H3;1-8H,9H2;1-8H;1-8H;4*1-4H3. The SMILES string of the molecule is CC(C)(C)C.CC(C)(C)C.CC(C)(C)C.CC(C)(C)C.CC(C)(C)N1c2ccccc2Sc2ccccc21.CC(C)(C)n1c2ccccc2c2ccccc21.c1ccc2c(c1)-c1ccccc1C21CCCC1.c1ccc2c(c1)Cc1ccccc1-2.c1ccc2c(c1)Sc1ccccc1S2.c1ccc2c(c1)[se]c1ccccc12. The third-order valence-corrected chi connectivity index (χ3v) is 24.2. The van der Waals surface area contributed by atoms with Gasteiger partial charge in [-0.05, 0) is 188 Å². The molecule has 0 bridgehead atoms. The average molecular weight is 1600 g/mol. The third kappa shape index (κ3) is 23.7. The van der Waals surface area contributed by atoms with E-state index < -0.39 is 0 Å². The fraction of sp³-hybridized carbons (Fsp3) is 0.321. The number of hydrogen-bond donors (Lipinski definition) is 0. The Balaban J connectivity index is 0.000000136. The zero-order chi connectivity index (χ0) is 80.8. The number of fused-ring (bicyclic) bond motifs is 18. The Kier molecular flexibility index (Phi) is 28.8. The summed E-state index contributed by atoms with van der Waals surface area (Å²) in [6.45, 7) is 48.5. The van der Waals surface area contributed by atoms with E-state index in [0.29, 0.717) is 41.6 Å². The zero-order valence-electron chi connectivity index (χ0n) is 71.3. The summed E-state index contributed by atoms with van der Waals surface area (Å²) in [6.07, 6.45) is 6.53. The number of anilines is 2. The summed E-state index contributed by atoms with van der Waals surface area (Å²) in [5.74, 6) is 0. The van der Waals surface area contributed by atoms with Crippen LogP contribution in [-0.2, 0) is 17.4 Å². The van der Waals surface area contributed by atoms with Crippen LogP contribution in [-0.4, -0.2) is 24.6 Å². The molecule has 19 rings (SSSR count). The third-order valence-electron chi connectivity index (χ3n) is 18.1. The summed E-state index contributed by atoms with van der Waals surface area (Å²) in [4.78, 5) is 10.6. The molecule has 4 heterocycles. The number of aromatic nitrogens is 1. The van der Waals surface area contributed by atoms with Gasteiger partial charge in [-0.1, -0.05) is 341 Å². The minimum absolute atomic E-state index is 0.0766. The zero-order valence-corrected chi connectivity index (χ0v) is 75.4. The number of hydrogen-bond acceptors (Lipinski definition) is 4. The van der Waals surface area contributed by atoms with Gasteiger partial charge in [-0.2, -0.15) is 0 Å². The van der Waals surface area contributed by atoms with Gasteiger partial charge >= 0.3 is 82.3 Å². The van der Waals surface area contributed by atoms with Crippen molar-refractivity contribution in [2.24, 2.45) is 21.7 Å². The van der Waals surface area contributed by atoms with Crippen molar-refractivity contribution in [3.05, 3.63) is 313 Å². The molecule has 2 aliphatic heterocycles. The fourth-order valence-corrected chi connectivity index (χ4v) is 19.8. The summed E-state index contributed by atoms with van der Waals surface area (Å²) in [5, 5.41) is 5.58. The normalized spacial score (nSPS) is 13.6. The Morgan fingerprint density at radius 1 is 0.268 bits per heavy atom. The van der Waals surface area contributed by atoms with Gasteiger partial charge in [0.25, 0.3) is 0 Å². The number of para-hydroxylation sites is 4. The molecule has 1 saturated carbocycles. The van der Waals surface area contributed by atoms with Crippen molar-refractivity contribution in [3.8, 4) is 22.3 Å². The van der Waals surface area contributed by atoms with E-state index in [4.69, 9.17) is 0 Å². The molecule has 0 atom stereocenters. The van der Waals surface area contributed by atoms with Crippen molar-refractivity contribution < 1.29 is 0 Å². The van der Waals surface area contributed by atoms with Crippen LogP contribution in [0.15, 0.2) is 321 Å².